The summed E-state index contributed by atoms with van der Waals surface area (Å²) in [4.78, 5) is 4.46. The van der Waals surface area contributed by atoms with Crippen molar-refractivity contribution in [3.8, 4) is 11.3 Å². The van der Waals surface area contributed by atoms with Crippen LogP contribution < -0.4 is 0 Å². The number of hydrogen-bond donors (Lipinski definition) is 0. The van der Waals surface area contributed by atoms with Gasteiger partial charge in [-0.1, -0.05) is 24.3 Å². The molecule has 0 bridgehead atoms. The van der Waals surface area contributed by atoms with Crippen molar-refractivity contribution in [1.82, 2.24) is 4.98 Å². The number of nitrogens with zero attached hydrogens (tertiary/aromatic N) is 1. The van der Waals surface area contributed by atoms with Crippen molar-refractivity contribution >= 4 is 22.1 Å². The lowest BCUT2D eigenvalue weighted by atomic mass is 10.1. The molecule has 0 N–H and O–H groups in total. The highest BCUT2D eigenvalue weighted by Gasteiger charge is 2.00. The molecule has 1 aromatic carbocycles. The molecule has 0 unspecified atom stereocenters. The van der Waals surface area contributed by atoms with Gasteiger partial charge in [-0.05, 0) is 22.9 Å². The third-order valence-electron chi connectivity index (χ3n) is 2.45. The second kappa shape index (κ2) is 3.48. The maximum absolute atomic E-state index is 4.46. The van der Waals surface area contributed by atoms with Gasteiger partial charge in [-0.15, -0.1) is 0 Å². The minimum Gasteiger partial charge on any atom is -0.256 e. The molecule has 2 heteroatoms. The predicted molar refractivity (Wildman–Crippen MR) is 65.1 cm³/mol. The van der Waals surface area contributed by atoms with Crippen molar-refractivity contribution in [3.63, 3.8) is 0 Å². The largest absolute Gasteiger partial charge is 0.256 e. The van der Waals surface area contributed by atoms with Gasteiger partial charge in [0.05, 0.1) is 5.69 Å². The monoisotopic (exact) mass is 211 g/mol. The van der Waals surface area contributed by atoms with E-state index in [1.165, 1.54) is 16.3 Å². The van der Waals surface area contributed by atoms with Crippen LogP contribution in [0.2, 0.25) is 0 Å². The lowest BCUT2D eigenvalue weighted by Crippen LogP contribution is -1.81. The van der Waals surface area contributed by atoms with Crippen LogP contribution in [-0.2, 0) is 0 Å². The average Bonchev–Trinajstić information content (AvgIpc) is 2.82. The van der Waals surface area contributed by atoms with Crippen molar-refractivity contribution in [2.45, 2.75) is 0 Å². The van der Waals surface area contributed by atoms with E-state index in [1.807, 2.05) is 12.3 Å². The van der Waals surface area contributed by atoms with E-state index in [0.717, 1.165) is 5.69 Å². The summed E-state index contributed by atoms with van der Waals surface area (Å²) in [6, 6.07) is 12.5. The molecule has 15 heavy (non-hydrogen) atoms. The number of aromatic nitrogens is 1. The van der Waals surface area contributed by atoms with Crippen LogP contribution >= 0.6 is 11.3 Å². The van der Waals surface area contributed by atoms with E-state index in [0.29, 0.717) is 0 Å². The Labute approximate surface area is 92.0 Å². The van der Waals surface area contributed by atoms with Crippen molar-refractivity contribution < 1.29 is 0 Å². The molecule has 0 amide bonds. The molecular weight excluding hydrogens is 202 g/mol. The van der Waals surface area contributed by atoms with Gasteiger partial charge < -0.3 is 0 Å². The summed E-state index contributed by atoms with van der Waals surface area (Å²) in [7, 11) is 0. The molecule has 0 aliphatic rings. The summed E-state index contributed by atoms with van der Waals surface area (Å²) in [6.45, 7) is 0. The molecular formula is C13H9NS. The van der Waals surface area contributed by atoms with Crippen LogP contribution in [0.25, 0.3) is 22.0 Å². The molecule has 3 aromatic rings. The predicted octanol–water partition coefficient (Wildman–Crippen LogP) is 3.96. The third-order valence-corrected chi connectivity index (χ3v) is 3.13. The molecule has 0 saturated carbocycles. The van der Waals surface area contributed by atoms with Gasteiger partial charge in [-0.25, -0.2) is 0 Å². The van der Waals surface area contributed by atoms with Crippen molar-refractivity contribution in [2.75, 3.05) is 0 Å². The van der Waals surface area contributed by atoms with E-state index in [1.54, 1.807) is 11.3 Å². The molecule has 0 atom stereocenters. The van der Waals surface area contributed by atoms with Gasteiger partial charge in [0, 0.05) is 22.5 Å². The number of pyridine rings is 1. The Morgan fingerprint density at radius 3 is 2.67 bits per heavy atom. The Kier molecular flexibility index (Phi) is 2.00. The zero-order valence-electron chi connectivity index (χ0n) is 8.05. The topological polar surface area (TPSA) is 12.9 Å². The number of fused-ring (bicyclic) bond motifs is 1. The number of hydrogen-bond acceptors (Lipinski definition) is 2. The maximum Gasteiger partial charge on any atom is 0.0716 e. The number of rotatable bonds is 1. The highest BCUT2D eigenvalue weighted by atomic mass is 32.1. The van der Waals surface area contributed by atoms with E-state index >= 15 is 0 Å². The third kappa shape index (κ3) is 1.53. The average molecular weight is 211 g/mol. The summed E-state index contributed by atoms with van der Waals surface area (Å²) < 4.78 is 0. The Morgan fingerprint density at radius 2 is 1.87 bits per heavy atom. The number of benzene rings is 1. The fourth-order valence-electron chi connectivity index (χ4n) is 1.65. The van der Waals surface area contributed by atoms with Crippen LogP contribution in [0.3, 0.4) is 0 Å². The van der Waals surface area contributed by atoms with Crippen LogP contribution in [0, 0.1) is 0 Å². The highest BCUT2D eigenvalue weighted by Crippen LogP contribution is 2.23. The molecule has 0 saturated heterocycles. The zero-order valence-corrected chi connectivity index (χ0v) is 8.87. The standard InChI is InChI=1S/C13H9NS/c1-2-4-11-8-14-13(7-10(11)3-1)12-5-6-15-9-12/h1-9H. The van der Waals surface area contributed by atoms with Gasteiger partial charge in [0.25, 0.3) is 0 Å². The lowest BCUT2D eigenvalue weighted by molar-refractivity contribution is 1.36. The summed E-state index contributed by atoms with van der Waals surface area (Å²) >= 11 is 1.70. The minimum atomic E-state index is 1.05. The Bertz CT molecular complexity index is 584. The second-order valence-corrected chi connectivity index (χ2v) is 4.21. The first-order valence-corrected chi connectivity index (χ1v) is 5.75. The van der Waals surface area contributed by atoms with Gasteiger partial charge in [0.15, 0.2) is 0 Å². The van der Waals surface area contributed by atoms with Crippen LogP contribution in [0.5, 0.6) is 0 Å². The summed E-state index contributed by atoms with van der Waals surface area (Å²) in [5.41, 5.74) is 2.25. The number of thiophene rings is 1. The molecule has 72 valence electrons. The summed E-state index contributed by atoms with van der Waals surface area (Å²) in [5.74, 6) is 0. The lowest BCUT2D eigenvalue weighted by Gasteiger charge is -2.00. The van der Waals surface area contributed by atoms with Gasteiger partial charge in [0.2, 0.25) is 0 Å². The molecule has 0 fully saturated rings. The van der Waals surface area contributed by atoms with Crippen LogP contribution in [0.15, 0.2) is 53.4 Å². The first-order chi connectivity index (χ1) is 7.43. The van der Waals surface area contributed by atoms with E-state index in [9.17, 15) is 0 Å². The molecule has 2 aromatic heterocycles. The fourth-order valence-corrected chi connectivity index (χ4v) is 2.30. The van der Waals surface area contributed by atoms with E-state index in [-0.39, 0.29) is 0 Å². The van der Waals surface area contributed by atoms with E-state index < -0.39 is 0 Å². The molecule has 0 aliphatic carbocycles. The normalized spacial score (nSPS) is 10.7. The van der Waals surface area contributed by atoms with Gasteiger partial charge >= 0.3 is 0 Å². The molecule has 2 heterocycles. The smallest absolute Gasteiger partial charge is 0.0716 e. The summed E-state index contributed by atoms with van der Waals surface area (Å²) in [5, 5.41) is 6.63. The summed E-state index contributed by atoms with van der Waals surface area (Å²) in [6.07, 6.45) is 1.93. The molecule has 0 aliphatic heterocycles. The zero-order chi connectivity index (χ0) is 10.1. The quantitative estimate of drug-likeness (QED) is 0.593. The Balaban J connectivity index is 2.22. The first kappa shape index (κ1) is 8.62. The van der Waals surface area contributed by atoms with Crippen LogP contribution in [0.4, 0.5) is 0 Å². The van der Waals surface area contributed by atoms with Crippen molar-refractivity contribution in [2.24, 2.45) is 0 Å². The second-order valence-electron chi connectivity index (χ2n) is 3.43. The highest BCUT2D eigenvalue weighted by molar-refractivity contribution is 7.08. The van der Waals surface area contributed by atoms with Gasteiger partial charge in [-0.2, -0.15) is 11.3 Å². The Morgan fingerprint density at radius 1 is 1.00 bits per heavy atom. The minimum absolute atomic E-state index is 1.05. The van der Waals surface area contributed by atoms with Crippen molar-refractivity contribution in [3.05, 3.63) is 53.4 Å². The SMILES string of the molecule is c1ccc2cc(-c3ccsc3)ncc2c1. The first-order valence-electron chi connectivity index (χ1n) is 4.81. The molecule has 0 spiro atoms. The fraction of sp³-hybridized carbons (Fsp3) is 0. The molecule has 0 radical (unpaired) electrons. The Hall–Kier alpha value is -1.67. The molecule has 1 nitrogen and oxygen atoms in total. The van der Waals surface area contributed by atoms with Crippen molar-refractivity contribution in [1.29, 1.82) is 0 Å². The van der Waals surface area contributed by atoms with E-state index in [4.69, 9.17) is 0 Å². The maximum atomic E-state index is 4.46. The molecule has 3 rings (SSSR count). The van der Waals surface area contributed by atoms with E-state index in [2.05, 4.69) is 46.1 Å². The van der Waals surface area contributed by atoms with Crippen LogP contribution in [-0.4, -0.2) is 4.98 Å². The van der Waals surface area contributed by atoms with Gasteiger partial charge in [0.1, 0.15) is 0 Å². The van der Waals surface area contributed by atoms with Gasteiger partial charge in [-0.3, -0.25) is 4.98 Å². The van der Waals surface area contributed by atoms with Crippen LogP contribution in [0.1, 0.15) is 0 Å².